The topological polar surface area (TPSA) is 60.0 Å². The molecule has 1 aliphatic heterocycles. The van der Waals surface area contributed by atoms with Gasteiger partial charge in [0, 0.05) is 19.4 Å². The van der Waals surface area contributed by atoms with Crippen LogP contribution in [0.4, 0.5) is 0 Å². The maximum atomic E-state index is 12.8. The molecule has 7 heteroatoms. The molecule has 6 nitrogen and oxygen atoms in total. The molecule has 0 aliphatic carbocycles. The van der Waals surface area contributed by atoms with Crippen LogP contribution >= 0.6 is 12.2 Å². The molecule has 1 aromatic carbocycles. The maximum Gasteiger partial charge on any atom is 0.338 e. The third-order valence-electron chi connectivity index (χ3n) is 4.21. The van der Waals surface area contributed by atoms with Crippen LogP contribution in [0.25, 0.3) is 0 Å². The van der Waals surface area contributed by atoms with E-state index in [0.29, 0.717) is 17.3 Å². The van der Waals surface area contributed by atoms with Crippen LogP contribution in [0.1, 0.15) is 31.9 Å². The third-order valence-corrected chi connectivity index (χ3v) is 4.55. The Kier molecular flexibility index (Phi) is 7.41. The van der Waals surface area contributed by atoms with E-state index in [4.69, 9.17) is 26.4 Å². The van der Waals surface area contributed by atoms with Crippen molar-refractivity contribution in [2.75, 3.05) is 34.0 Å². The Morgan fingerprint density at radius 2 is 2.08 bits per heavy atom. The van der Waals surface area contributed by atoms with Crippen LogP contribution in [0.5, 0.6) is 5.75 Å². The average Bonchev–Trinajstić information content (AvgIpc) is 2.64. The summed E-state index contributed by atoms with van der Waals surface area (Å²) >= 11 is 5.53. The number of nitrogens with one attached hydrogen (secondary N) is 1. The van der Waals surface area contributed by atoms with Gasteiger partial charge in [-0.05, 0) is 43.3 Å². The summed E-state index contributed by atoms with van der Waals surface area (Å²) in [5.41, 5.74) is 2.25. The highest BCUT2D eigenvalue weighted by atomic mass is 32.1. The van der Waals surface area contributed by atoms with Gasteiger partial charge in [-0.1, -0.05) is 19.1 Å². The summed E-state index contributed by atoms with van der Waals surface area (Å²) in [6, 6.07) is 7.20. The maximum absolute atomic E-state index is 12.8. The number of methoxy groups -OCH3 is 2. The van der Waals surface area contributed by atoms with Crippen molar-refractivity contribution in [2.24, 2.45) is 0 Å². The molecular formula is C19H26N2O4S. The molecule has 1 N–H and O–H groups in total. The summed E-state index contributed by atoms with van der Waals surface area (Å²) < 4.78 is 15.7. The molecule has 0 saturated carbocycles. The molecule has 1 atom stereocenters. The smallest absolute Gasteiger partial charge is 0.338 e. The molecule has 0 spiro atoms. The number of hydrogen-bond donors (Lipinski definition) is 1. The second-order valence-corrected chi connectivity index (χ2v) is 6.33. The Morgan fingerprint density at radius 1 is 1.31 bits per heavy atom. The Morgan fingerprint density at radius 3 is 2.73 bits per heavy atom. The molecule has 1 aliphatic rings. The molecule has 142 valence electrons. The van der Waals surface area contributed by atoms with E-state index in [0.717, 1.165) is 30.0 Å². The normalized spacial score (nSPS) is 17.2. The van der Waals surface area contributed by atoms with E-state index < -0.39 is 0 Å². The largest absolute Gasteiger partial charge is 0.497 e. The van der Waals surface area contributed by atoms with E-state index in [2.05, 4.69) is 12.2 Å². The standard InChI is InChI=1S/C19H26N2O4S/c1-5-9-21-13(2)16(18(22)25-11-10-23-3)17(20-19(21)26)14-7-6-8-15(12-14)24-4/h6-8,12,17H,5,9-11H2,1-4H3,(H,20,26). The van der Waals surface area contributed by atoms with Crippen LogP contribution in [0.15, 0.2) is 35.5 Å². The number of allylic oxidation sites excluding steroid dienone is 1. The van der Waals surface area contributed by atoms with Gasteiger partial charge in [0.25, 0.3) is 0 Å². The van der Waals surface area contributed by atoms with Crippen LogP contribution in [0.3, 0.4) is 0 Å². The van der Waals surface area contributed by atoms with Crippen LogP contribution < -0.4 is 10.1 Å². The van der Waals surface area contributed by atoms with Gasteiger partial charge in [-0.15, -0.1) is 0 Å². The first-order valence-electron chi connectivity index (χ1n) is 8.62. The molecule has 0 amide bonds. The van der Waals surface area contributed by atoms with Crippen molar-refractivity contribution in [2.45, 2.75) is 26.3 Å². The Hall–Kier alpha value is -2.12. The Labute approximate surface area is 160 Å². The molecule has 26 heavy (non-hydrogen) atoms. The van der Waals surface area contributed by atoms with Gasteiger partial charge in [0.05, 0.1) is 25.3 Å². The number of ether oxygens (including phenoxy) is 3. The monoisotopic (exact) mass is 378 g/mol. The van der Waals surface area contributed by atoms with E-state index in [1.165, 1.54) is 0 Å². The summed E-state index contributed by atoms with van der Waals surface area (Å²) in [5.74, 6) is 0.347. The van der Waals surface area contributed by atoms with Crippen molar-refractivity contribution in [3.63, 3.8) is 0 Å². The molecule has 0 aromatic heterocycles. The lowest BCUT2D eigenvalue weighted by Gasteiger charge is -2.37. The van der Waals surface area contributed by atoms with Gasteiger partial charge in [0.15, 0.2) is 5.11 Å². The van der Waals surface area contributed by atoms with E-state index in [-0.39, 0.29) is 18.6 Å². The minimum Gasteiger partial charge on any atom is -0.497 e. The first kappa shape index (κ1) is 20.2. The number of hydrogen-bond acceptors (Lipinski definition) is 5. The first-order valence-corrected chi connectivity index (χ1v) is 9.03. The molecule has 0 bridgehead atoms. The lowest BCUT2D eigenvalue weighted by Crippen LogP contribution is -2.48. The summed E-state index contributed by atoms with van der Waals surface area (Å²) in [6.07, 6.45) is 0.912. The van der Waals surface area contributed by atoms with E-state index >= 15 is 0 Å². The Balaban J connectivity index is 2.43. The lowest BCUT2D eigenvalue weighted by molar-refractivity contribution is -0.140. The van der Waals surface area contributed by atoms with Gasteiger partial charge in [-0.25, -0.2) is 4.79 Å². The predicted molar refractivity (Wildman–Crippen MR) is 104 cm³/mol. The SMILES string of the molecule is CCCN1C(=S)NC(c2cccc(OC)c2)C(C(=O)OCCOC)=C1C. The minimum atomic E-state index is -0.388. The van der Waals surface area contributed by atoms with E-state index in [1.807, 2.05) is 36.1 Å². The van der Waals surface area contributed by atoms with Gasteiger partial charge >= 0.3 is 5.97 Å². The summed E-state index contributed by atoms with van der Waals surface area (Å²) in [7, 11) is 3.18. The second-order valence-electron chi connectivity index (χ2n) is 5.94. The van der Waals surface area contributed by atoms with Crippen molar-refractivity contribution in [1.29, 1.82) is 0 Å². The molecule has 1 heterocycles. The van der Waals surface area contributed by atoms with Crippen molar-refractivity contribution in [1.82, 2.24) is 10.2 Å². The van der Waals surface area contributed by atoms with Gasteiger partial charge in [-0.3, -0.25) is 0 Å². The highest BCUT2D eigenvalue weighted by Crippen LogP contribution is 2.32. The van der Waals surface area contributed by atoms with Gasteiger partial charge in [0.1, 0.15) is 12.4 Å². The molecule has 0 fully saturated rings. The number of benzene rings is 1. The van der Waals surface area contributed by atoms with Gasteiger partial charge in [-0.2, -0.15) is 0 Å². The molecule has 0 radical (unpaired) electrons. The number of esters is 1. The van der Waals surface area contributed by atoms with Crippen LogP contribution in [0, 0.1) is 0 Å². The fourth-order valence-corrected chi connectivity index (χ4v) is 3.25. The quantitative estimate of drug-likeness (QED) is 0.424. The predicted octanol–water partition coefficient (Wildman–Crippen LogP) is 2.80. The van der Waals surface area contributed by atoms with Crippen LogP contribution in [-0.2, 0) is 14.3 Å². The minimum absolute atomic E-state index is 0.204. The highest BCUT2D eigenvalue weighted by Gasteiger charge is 2.34. The Bertz CT molecular complexity index is 690. The van der Waals surface area contributed by atoms with Crippen LogP contribution in [-0.4, -0.2) is 50.0 Å². The molecule has 2 rings (SSSR count). The third kappa shape index (κ3) is 4.53. The number of rotatable bonds is 8. The zero-order valence-electron chi connectivity index (χ0n) is 15.7. The fraction of sp³-hybridized carbons (Fsp3) is 0.474. The fourth-order valence-electron chi connectivity index (χ4n) is 2.91. The van der Waals surface area contributed by atoms with Crippen molar-refractivity contribution in [3.8, 4) is 5.75 Å². The molecule has 1 unspecified atom stereocenters. The van der Waals surface area contributed by atoms with E-state index in [1.54, 1.807) is 14.2 Å². The summed E-state index contributed by atoms with van der Waals surface area (Å²) in [5, 5.41) is 3.88. The number of carbonyl (C=O) groups excluding carboxylic acids is 1. The summed E-state index contributed by atoms with van der Waals surface area (Å²) in [4.78, 5) is 14.7. The molecule has 1 aromatic rings. The number of thiocarbonyl (C=S) groups is 1. The lowest BCUT2D eigenvalue weighted by atomic mass is 9.94. The van der Waals surface area contributed by atoms with Crippen molar-refractivity contribution >= 4 is 23.3 Å². The zero-order valence-corrected chi connectivity index (χ0v) is 16.5. The zero-order chi connectivity index (χ0) is 19.1. The van der Waals surface area contributed by atoms with Crippen molar-refractivity contribution in [3.05, 3.63) is 41.1 Å². The molecular weight excluding hydrogens is 352 g/mol. The van der Waals surface area contributed by atoms with Gasteiger partial charge in [0.2, 0.25) is 0 Å². The van der Waals surface area contributed by atoms with Crippen LogP contribution in [0.2, 0.25) is 0 Å². The highest BCUT2D eigenvalue weighted by molar-refractivity contribution is 7.80. The first-order chi connectivity index (χ1) is 12.5. The second kappa shape index (κ2) is 9.54. The average molecular weight is 378 g/mol. The number of nitrogens with zero attached hydrogens (tertiary/aromatic N) is 1. The summed E-state index contributed by atoms with van der Waals surface area (Å²) in [6.45, 7) is 5.27. The molecule has 0 saturated heterocycles. The van der Waals surface area contributed by atoms with Crippen molar-refractivity contribution < 1.29 is 19.0 Å². The van der Waals surface area contributed by atoms with Gasteiger partial charge < -0.3 is 24.4 Å². The number of carbonyl (C=O) groups is 1. The van der Waals surface area contributed by atoms with E-state index in [9.17, 15) is 4.79 Å².